The van der Waals surface area contributed by atoms with Gasteiger partial charge >= 0.3 is 0 Å². The van der Waals surface area contributed by atoms with Crippen LogP contribution in [-0.2, 0) is 0 Å². The Bertz CT molecular complexity index is 584. The first-order chi connectivity index (χ1) is 10.1. The smallest absolute Gasteiger partial charge is 0.255 e. The topological polar surface area (TPSA) is 66.0 Å². The Balaban J connectivity index is 0.000000211. The van der Waals surface area contributed by atoms with Crippen LogP contribution in [0.1, 0.15) is 38.7 Å². The van der Waals surface area contributed by atoms with Gasteiger partial charge in [0.1, 0.15) is 0 Å². The molecule has 21 heavy (non-hydrogen) atoms. The molecule has 1 aromatic heterocycles. The van der Waals surface area contributed by atoms with Crippen molar-refractivity contribution >= 4 is 11.8 Å². The van der Waals surface area contributed by atoms with Crippen molar-refractivity contribution in [3.8, 4) is 5.88 Å². The van der Waals surface area contributed by atoms with E-state index in [9.17, 15) is 4.79 Å². The van der Waals surface area contributed by atoms with Gasteiger partial charge in [-0.3, -0.25) is 4.79 Å². The maximum Gasteiger partial charge on any atom is 0.255 e. The number of rotatable bonds is 4. The first-order valence-corrected chi connectivity index (χ1v) is 8.03. The lowest BCUT2D eigenvalue weighted by Gasteiger charge is -2.06. The zero-order chi connectivity index (χ0) is 15.7. The molecule has 0 amide bonds. The van der Waals surface area contributed by atoms with Crippen molar-refractivity contribution < 1.29 is 5.11 Å². The molecule has 0 aliphatic heterocycles. The number of aromatic amines is 1. The predicted molar refractivity (Wildman–Crippen MR) is 88.1 cm³/mol. The molecule has 2 N–H and O–H groups in total. The van der Waals surface area contributed by atoms with Crippen LogP contribution < -0.4 is 5.56 Å². The van der Waals surface area contributed by atoms with Gasteiger partial charge in [0.25, 0.3) is 5.56 Å². The molecule has 1 aromatic carbocycles. The van der Waals surface area contributed by atoms with Crippen molar-refractivity contribution in [3.63, 3.8) is 0 Å². The molecule has 0 radical (unpaired) electrons. The van der Waals surface area contributed by atoms with E-state index in [4.69, 9.17) is 5.11 Å². The van der Waals surface area contributed by atoms with E-state index in [-0.39, 0.29) is 11.4 Å². The Hall–Kier alpha value is -1.75. The third-order valence-corrected chi connectivity index (χ3v) is 3.72. The van der Waals surface area contributed by atoms with Crippen molar-refractivity contribution in [2.75, 3.05) is 5.75 Å². The van der Waals surface area contributed by atoms with E-state index in [0.717, 1.165) is 11.8 Å². The number of benzene rings is 1. The third kappa shape index (κ3) is 6.49. The standard InChI is InChI=1S/C10H14.C6H8N2O2S/c1-3-9(2)10-7-5-4-6-8-10;1-2-11-6-7-4(9)3-5(10)8-6/h4-9H,3H2,1-2H3;3H,2H2,1H3,(H2,7,8,9,10). The Labute approximate surface area is 129 Å². The van der Waals surface area contributed by atoms with Gasteiger partial charge in [-0.1, -0.05) is 62.9 Å². The highest BCUT2D eigenvalue weighted by molar-refractivity contribution is 7.99. The van der Waals surface area contributed by atoms with Gasteiger partial charge < -0.3 is 10.1 Å². The third-order valence-electron chi connectivity index (χ3n) is 2.97. The summed E-state index contributed by atoms with van der Waals surface area (Å²) in [5, 5.41) is 9.33. The van der Waals surface area contributed by atoms with Gasteiger partial charge in [-0.05, 0) is 23.7 Å². The molecule has 0 saturated heterocycles. The fraction of sp³-hybridized carbons (Fsp3) is 0.375. The lowest BCUT2D eigenvalue weighted by Crippen LogP contribution is -2.05. The maximum atomic E-state index is 10.7. The highest BCUT2D eigenvalue weighted by atomic mass is 32.2. The quantitative estimate of drug-likeness (QED) is 0.666. The van der Waals surface area contributed by atoms with E-state index in [1.807, 2.05) is 6.92 Å². The molecule has 0 saturated carbocycles. The molecule has 1 unspecified atom stereocenters. The van der Waals surface area contributed by atoms with Crippen molar-refractivity contribution in [1.29, 1.82) is 0 Å². The summed E-state index contributed by atoms with van der Waals surface area (Å²) >= 11 is 1.38. The molecule has 5 heteroatoms. The molecular formula is C16H22N2O2S. The molecule has 4 nitrogen and oxygen atoms in total. The average molecular weight is 306 g/mol. The molecule has 0 bridgehead atoms. The molecule has 114 valence electrons. The summed E-state index contributed by atoms with van der Waals surface area (Å²) < 4.78 is 0. The second-order valence-corrected chi connectivity index (χ2v) is 5.81. The van der Waals surface area contributed by atoms with E-state index >= 15 is 0 Å². The number of H-pyrrole nitrogens is 1. The number of aromatic nitrogens is 2. The van der Waals surface area contributed by atoms with Crippen molar-refractivity contribution in [2.45, 2.75) is 38.3 Å². The monoisotopic (exact) mass is 306 g/mol. The van der Waals surface area contributed by atoms with Crippen LogP contribution in [0.5, 0.6) is 5.88 Å². The number of nitrogens with zero attached hydrogens (tertiary/aromatic N) is 1. The van der Waals surface area contributed by atoms with Crippen LogP contribution in [0.4, 0.5) is 0 Å². The number of thioether (sulfide) groups is 1. The van der Waals surface area contributed by atoms with Crippen LogP contribution in [0, 0.1) is 0 Å². The second-order valence-electron chi connectivity index (χ2n) is 4.56. The minimum absolute atomic E-state index is 0.232. The molecule has 0 spiro atoms. The first kappa shape index (κ1) is 17.3. The van der Waals surface area contributed by atoms with Gasteiger partial charge in [0.2, 0.25) is 5.88 Å². The van der Waals surface area contributed by atoms with Crippen molar-refractivity contribution in [2.24, 2.45) is 0 Å². The average Bonchev–Trinajstić information content (AvgIpc) is 2.47. The summed E-state index contributed by atoms with van der Waals surface area (Å²) in [4.78, 5) is 16.9. The summed E-state index contributed by atoms with van der Waals surface area (Å²) in [6, 6.07) is 11.7. The summed E-state index contributed by atoms with van der Waals surface area (Å²) in [5.74, 6) is 1.29. The summed E-state index contributed by atoms with van der Waals surface area (Å²) in [6.07, 6.45) is 1.23. The zero-order valence-corrected chi connectivity index (χ0v) is 13.5. The summed E-state index contributed by atoms with van der Waals surface area (Å²) in [7, 11) is 0. The fourth-order valence-corrected chi connectivity index (χ4v) is 2.25. The fourth-order valence-electron chi connectivity index (χ4n) is 1.65. The maximum absolute atomic E-state index is 10.7. The van der Waals surface area contributed by atoms with Gasteiger partial charge in [-0.25, -0.2) is 0 Å². The highest BCUT2D eigenvalue weighted by Gasteiger charge is 1.99. The van der Waals surface area contributed by atoms with Crippen molar-refractivity contribution in [1.82, 2.24) is 9.97 Å². The largest absolute Gasteiger partial charge is 0.493 e. The molecule has 0 aliphatic rings. The number of nitrogens with one attached hydrogen (secondary N) is 1. The molecule has 0 fully saturated rings. The van der Waals surface area contributed by atoms with Gasteiger partial charge in [0.15, 0.2) is 5.16 Å². The van der Waals surface area contributed by atoms with E-state index in [2.05, 4.69) is 54.1 Å². The highest BCUT2D eigenvalue weighted by Crippen LogP contribution is 2.16. The Morgan fingerprint density at radius 3 is 2.48 bits per heavy atom. The van der Waals surface area contributed by atoms with Crippen LogP contribution in [0.2, 0.25) is 0 Å². The first-order valence-electron chi connectivity index (χ1n) is 7.04. The molecule has 1 heterocycles. The lowest BCUT2D eigenvalue weighted by atomic mass is 9.99. The summed E-state index contributed by atoms with van der Waals surface area (Å²) in [5.41, 5.74) is 1.12. The van der Waals surface area contributed by atoms with Crippen LogP contribution in [0.15, 0.2) is 46.3 Å². The minimum atomic E-state index is -0.326. The Kier molecular flexibility index (Phi) is 7.61. The number of hydrogen-bond acceptors (Lipinski definition) is 4. The van der Waals surface area contributed by atoms with Gasteiger partial charge in [0, 0.05) is 0 Å². The van der Waals surface area contributed by atoms with E-state index in [1.165, 1.54) is 23.7 Å². The Morgan fingerprint density at radius 1 is 1.29 bits per heavy atom. The zero-order valence-electron chi connectivity index (χ0n) is 12.7. The normalized spacial score (nSPS) is 11.4. The second kappa shape index (κ2) is 9.23. The van der Waals surface area contributed by atoms with Crippen LogP contribution in [-0.4, -0.2) is 20.8 Å². The van der Waals surface area contributed by atoms with E-state index in [1.54, 1.807) is 0 Å². The van der Waals surface area contributed by atoms with E-state index in [0.29, 0.717) is 11.1 Å². The molecule has 2 aromatic rings. The predicted octanol–water partition coefficient (Wildman–Crippen LogP) is 3.79. The van der Waals surface area contributed by atoms with Crippen LogP contribution >= 0.6 is 11.8 Å². The van der Waals surface area contributed by atoms with Crippen LogP contribution in [0.3, 0.4) is 0 Å². The lowest BCUT2D eigenvalue weighted by molar-refractivity contribution is 0.444. The van der Waals surface area contributed by atoms with Gasteiger partial charge in [0.05, 0.1) is 6.07 Å². The molecule has 2 rings (SSSR count). The Morgan fingerprint density at radius 2 is 1.95 bits per heavy atom. The van der Waals surface area contributed by atoms with Gasteiger partial charge in [-0.2, -0.15) is 4.98 Å². The van der Waals surface area contributed by atoms with Crippen LogP contribution in [0.25, 0.3) is 0 Å². The molecule has 0 aliphatic carbocycles. The van der Waals surface area contributed by atoms with E-state index < -0.39 is 0 Å². The van der Waals surface area contributed by atoms with Gasteiger partial charge in [-0.15, -0.1) is 0 Å². The molecular weight excluding hydrogens is 284 g/mol. The summed E-state index contributed by atoms with van der Waals surface area (Å²) in [6.45, 7) is 6.42. The molecule has 1 atom stereocenters. The number of aromatic hydroxyl groups is 1. The minimum Gasteiger partial charge on any atom is -0.493 e. The SMILES string of the molecule is CCC(C)c1ccccc1.CCSc1nc(O)cc(=O)[nH]1. The van der Waals surface area contributed by atoms with Crippen molar-refractivity contribution in [3.05, 3.63) is 52.3 Å². The number of hydrogen-bond donors (Lipinski definition) is 2.